The van der Waals surface area contributed by atoms with Crippen molar-refractivity contribution in [2.45, 2.75) is 44.9 Å². The summed E-state index contributed by atoms with van der Waals surface area (Å²) in [6.45, 7) is 5.79. The summed E-state index contributed by atoms with van der Waals surface area (Å²) < 4.78 is 0. The van der Waals surface area contributed by atoms with Crippen LogP contribution < -0.4 is 10.6 Å². The number of hydrogen-bond donors (Lipinski definition) is 3. The molecule has 0 unspecified atom stereocenters. The average Bonchev–Trinajstić information content (AvgIpc) is 3.64. The summed E-state index contributed by atoms with van der Waals surface area (Å²) in [5.41, 5.74) is 4.93. The van der Waals surface area contributed by atoms with Gasteiger partial charge >= 0.3 is 0 Å². The van der Waals surface area contributed by atoms with Gasteiger partial charge in [-0.15, -0.1) is 0 Å². The molecule has 8 nitrogen and oxygen atoms in total. The Balaban J connectivity index is 1.27. The number of amides is 1. The highest BCUT2D eigenvalue weighted by atomic mass is 16.1. The molecular formula is C27H31N7O. The Morgan fingerprint density at radius 3 is 2.80 bits per heavy atom. The minimum atomic E-state index is -0.0974. The van der Waals surface area contributed by atoms with Crippen LogP contribution >= 0.6 is 0 Å². The lowest BCUT2D eigenvalue weighted by Crippen LogP contribution is -2.37. The Labute approximate surface area is 204 Å². The number of piperidine rings is 1. The van der Waals surface area contributed by atoms with Crippen molar-refractivity contribution in [1.29, 1.82) is 0 Å². The molecule has 8 heteroatoms. The molecule has 1 amide bonds. The maximum atomic E-state index is 13.3. The van der Waals surface area contributed by atoms with Gasteiger partial charge in [-0.05, 0) is 63.4 Å². The summed E-state index contributed by atoms with van der Waals surface area (Å²) in [6.07, 6.45) is 7.92. The number of carbonyl (C=O) groups is 1. The molecule has 1 aliphatic heterocycles. The highest BCUT2D eigenvalue weighted by Crippen LogP contribution is 2.39. The van der Waals surface area contributed by atoms with Gasteiger partial charge in [0.1, 0.15) is 11.3 Å². The average molecular weight is 470 g/mol. The third-order valence-electron chi connectivity index (χ3n) is 7.04. The minimum Gasteiger partial charge on any atom is -0.351 e. The number of H-pyrrole nitrogens is 1. The molecule has 0 bridgehead atoms. The lowest BCUT2D eigenvalue weighted by molar-refractivity contribution is 0.0948. The van der Waals surface area contributed by atoms with E-state index in [0.29, 0.717) is 24.0 Å². The topological polar surface area (TPSA) is 98.8 Å². The molecule has 1 aliphatic carbocycles. The van der Waals surface area contributed by atoms with Gasteiger partial charge in [0.05, 0.1) is 16.6 Å². The van der Waals surface area contributed by atoms with Gasteiger partial charge in [0.15, 0.2) is 0 Å². The molecule has 35 heavy (non-hydrogen) atoms. The molecular weight excluding hydrogens is 438 g/mol. The van der Waals surface area contributed by atoms with E-state index in [2.05, 4.69) is 25.5 Å². The highest BCUT2D eigenvalue weighted by Gasteiger charge is 2.28. The number of fused-ring (bicyclic) bond motifs is 2. The fourth-order valence-corrected chi connectivity index (χ4v) is 4.93. The molecule has 4 aromatic rings. The molecule has 1 saturated carbocycles. The number of nitrogens with zero attached hydrogens (tertiary/aromatic N) is 4. The SMILES string of the molecule is Cc1cccc2cnc(Nc3cc(C(=O)NCCN4CCCCC4)c4nc(C5CC5)[nH]c4c3)nc12. The first kappa shape index (κ1) is 22.0. The van der Waals surface area contributed by atoms with Gasteiger partial charge in [-0.2, -0.15) is 0 Å². The van der Waals surface area contributed by atoms with Gasteiger partial charge < -0.3 is 20.5 Å². The first-order valence-corrected chi connectivity index (χ1v) is 12.7. The fraction of sp³-hybridized carbons (Fsp3) is 0.407. The van der Waals surface area contributed by atoms with Crippen LogP contribution in [0.15, 0.2) is 36.5 Å². The minimum absolute atomic E-state index is 0.0974. The zero-order valence-corrected chi connectivity index (χ0v) is 20.1. The number of aryl methyl sites for hydroxylation is 1. The second kappa shape index (κ2) is 9.26. The Morgan fingerprint density at radius 1 is 1.11 bits per heavy atom. The number of nitrogens with one attached hydrogen (secondary N) is 3. The number of aromatic nitrogens is 4. The molecule has 3 N–H and O–H groups in total. The lowest BCUT2D eigenvalue weighted by atomic mass is 10.1. The van der Waals surface area contributed by atoms with Gasteiger partial charge in [0, 0.05) is 36.3 Å². The van der Waals surface area contributed by atoms with Crippen LogP contribution in [0.25, 0.3) is 21.9 Å². The van der Waals surface area contributed by atoms with Crippen molar-refractivity contribution >= 4 is 39.5 Å². The van der Waals surface area contributed by atoms with Crippen LogP contribution in [-0.2, 0) is 0 Å². The van der Waals surface area contributed by atoms with Gasteiger partial charge in [-0.3, -0.25) is 4.79 Å². The number of imidazole rings is 1. The Morgan fingerprint density at radius 2 is 1.97 bits per heavy atom. The summed E-state index contributed by atoms with van der Waals surface area (Å²) in [5, 5.41) is 7.44. The van der Waals surface area contributed by atoms with Gasteiger partial charge in [-0.25, -0.2) is 15.0 Å². The van der Waals surface area contributed by atoms with E-state index in [9.17, 15) is 4.79 Å². The number of para-hydroxylation sites is 1. The molecule has 2 aromatic heterocycles. The highest BCUT2D eigenvalue weighted by molar-refractivity contribution is 6.06. The quantitative estimate of drug-likeness (QED) is 0.364. The number of carbonyl (C=O) groups excluding carboxylic acids is 1. The van der Waals surface area contributed by atoms with Crippen molar-refractivity contribution in [3.05, 3.63) is 53.5 Å². The molecule has 2 aliphatic rings. The predicted octanol–water partition coefficient (Wildman–Crippen LogP) is 4.65. The van der Waals surface area contributed by atoms with Gasteiger partial charge in [-0.1, -0.05) is 24.6 Å². The Bertz CT molecular complexity index is 1390. The largest absolute Gasteiger partial charge is 0.351 e. The van der Waals surface area contributed by atoms with E-state index in [1.807, 2.05) is 43.5 Å². The Hall–Kier alpha value is -3.52. The fourth-order valence-electron chi connectivity index (χ4n) is 4.93. The van der Waals surface area contributed by atoms with Crippen molar-refractivity contribution in [3.8, 4) is 0 Å². The standard InChI is InChI=1S/C27H31N7O/c1-17-6-5-7-19-16-29-27(33-23(17)19)30-20-14-21(24-22(15-20)31-25(32-24)18-8-9-18)26(35)28-10-13-34-11-3-2-4-12-34/h5-7,14-16,18H,2-4,8-13H2,1H3,(H,28,35)(H,31,32)(H,29,30,33). The van der Waals surface area contributed by atoms with Crippen LogP contribution in [-0.4, -0.2) is 56.9 Å². The molecule has 0 radical (unpaired) electrons. The molecule has 1 saturated heterocycles. The van der Waals surface area contributed by atoms with Crippen LogP contribution in [0.1, 0.15) is 59.8 Å². The number of hydrogen-bond acceptors (Lipinski definition) is 6. The van der Waals surface area contributed by atoms with Crippen molar-refractivity contribution < 1.29 is 4.79 Å². The maximum absolute atomic E-state index is 13.3. The van der Waals surface area contributed by atoms with E-state index >= 15 is 0 Å². The van der Waals surface area contributed by atoms with Crippen LogP contribution in [0.3, 0.4) is 0 Å². The van der Waals surface area contributed by atoms with Crippen molar-refractivity contribution in [1.82, 2.24) is 30.2 Å². The third kappa shape index (κ3) is 4.71. The van der Waals surface area contributed by atoms with E-state index in [-0.39, 0.29) is 5.91 Å². The molecule has 0 atom stereocenters. The molecule has 180 valence electrons. The first-order chi connectivity index (χ1) is 17.1. The monoisotopic (exact) mass is 469 g/mol. The summed E-state index contributed by atoms with van der Waals surface area (Å²) >= 11 is 0. The van der Waals surface area contributed by atoms with Crippen LogP contribution in [0.4, 0.5) is 11.6 Å². The molecule has 6 rings (SSSR count). The number of aromatic amines is 1. The van der Waals surface area contributed by atoms with Gasteiger partial charge in [0.2, 0.25) is 5.95 Å². The van der Waals surface area contributed by atoms with E-state index in [0.717, 1.165) is 71.5 Å². The van der Waals surface area contributed by atoms with Crippen LogP contribution in [0.5, 0.6) is 0 Å². The van der Waals surface area contributed by atoms with Crippen LogP contribution in [0, 0.1) is 6.92 Å². The maximum Gasteiger partial charge on any atom is 0.253 e. The summed E-state index contributed by atoms with van der Waals surface area (Å²) in [7, 11) is 0. The molecule has 2 fully saturated rings. The summed E-state index contributed by atoms with van der Waals surface area (Å²) in [5.74, 6) is 1.85. The van der Waals surface area contributed by atoms with E-state index in [4.69, 9.17) is 9.97 Å². The second-order valence-corrected chi connectivity index (χ2v) is 9.81. The summed E-state index contributed by atoms with van der Waals surface area (Å²) in [4.78, 5) is 33.2. The summed E-state index contributed by atoms with van der Waals surface area (Å²) in [6, 6.07) is 9.91. The van der Waals surface area contributed by atoms with E-state index in [1.54, 1.807) is 0 Å². The first-order valence-electron chi connectivity index (χ1n) is 12.7. The van der Waals surface area contributed by atoms with E-state index < -0.39 is 0 Å². The van der Waals surface area contributed by atoms with Crippen molar-refractivity contribution in [2.75, 3.05) is 31.5 Å². The number of rotatable bonds is 7. The zero-order valence-electron chi connectivity index (χ0n) is 20.1. The lowest BCUT2D eigenvalue weighted by Gasteiger charge is -2.26. The number of anilines is 2. The second-order valence-electron chi connectivity index (χ2n) is 9.81. The molecule has 0 spiro atoms. The molecule has 3 heterocycles. The smallest absolute Gasteiger partial charge is 0.253 e. The van der Waals surface area contributed by atoms with E-state index in [1.165, 1.54) is 19.3 Å². The van der Waals surface area contributed by atoms with Gasteiger partial charge in [0.25, 0.3) is 5.91 Å². The predicted molar refractivity (Wildman–Crippen MR) is 138 cm³/mol. The Kier molecular flexibility index (Phi) is 5.82. The number of benzene rings is 2. The van der Waals surface area contributed by atoms with Crippen molar-refractivity contribution in [2.24, 2.45) is 0 Å². The zero-order chi connectivity index (χ0) is 23.8. The molecule has 2 aromatic carbocycles. The van der Waals surface area contributed by atoms with Crippen molar-refractivity contribution in [3.63, 3.8) is 0 Å². The van der Waals surface area contributed by atoms with Crippen LogP contribution in [0.2, 0.25) is 0 Å². The normalized spacial score (nSPS) is 16.6. The third-order valence-corrected chi connectivity index (χ3v) is 7.04. The number of likely N-dealkylation sites (tertiary alicyclic amines) is 1.